The van der Waals surface area contributed by atoms with E-state index in [1.807, 2.05) is 12.3 Å². The molecule has 2 unspecified atom stereocenters. The fourth-order valence-electron chi connectivity index (χ4n) is 2.92. The van der Waals surface area contributed by atoms with Crippen molar-refractivity contribution >= 4 is 5.69 Å². The van der Waals surface area contributed by atoms with Gasteiger partial charge in [0.15, 0.2) is 0 Å². The van der Waals surface area contributed by atoms with Gasteiger partial charge in [0.2, 0.25) is 0 Å². The topological polar surface area (TPSA) is 37.4 Å². The van der Waals surface area contributed by atoms with Gasteiger partial charge in [-0.15, -0.1) is 0 Å². The van der Waals surface area contributed by atoms with E-state index in [-0.39, 0.29) is 0 Å². The summed E-state index contributed by atoms with van der Waals surface area (Å²) in [4.78, 5) is 6.64. The molecule has 3 rings (SSSR count). The molecular weight excluding hydrogens is 226 g/mol. The van der Waals surface area contributed by atoms with Crippen LogP contribution >= 0.6 is 0 Å². The molecule has 2 aliphatic heterocycles. The number of hydrogen-bond donors (Lipinski definition) is 1. The molecule has 0 spiro atoms. The number of ether oxygens (including phenoxy) is 1. The molecule has 0 amide bonds. The molecule has 4 heteroatoms. The molecule has 0 aromatic carbocycles. The van der Waals surface area contributed by atoms with Gasteiger partial charge < -0.3 is 15.0 Å². The van der Waals surface area contributed by atoms with Crippen molar-refractivity contribution in [2.24, 2.45) is 0 Å². The molecule has 0 saturated carbocycles. The highest BCUT2D eigenvalue weighted by molar-refractivity contribution is 5.48. The Kier molecular flexibility index (Phi) is 3.19. The molecule has 1 aromatic rings. The monoisotopic (exact) mass is 245 g/mol. The van der Waals surface area contributed by atoms with Crippen LogP contribution in [-0.4, -0.2) is 30.2 Å². The number of nitrogens with one attached hydrogen (secondary N) is 1. The lowest BCUT2D eigenvalue weighted by molar-refractivity contribution is 0.480. The molecule has 2 bridgehead atoms. The zero-order chi connectivity index (χ0) is 12.4. The smallest absolute Gasteiger partial charge is 0.146 e. The van der Waals surface area contributed by atoms with Crippen LogP contribution in [0.2, 0.25) is 0 Å². The maximum Gasteiger partial charge on any atom is 0.146 e. The average molecular weight is 245 g/mol. The maximum absolute atomic E-state index is 5.29. The average Bonchev–Trinajstić information content (AvgIpc) is 2.70. The number of nitrogens with zero attached hydrogens (tertiary/aromatic N) is 2. The van der Waals surface area contributed by atoms with E-state index < -0.39 is 0 Å². The zero-order valence-electron chi connectivity index (χ0n) is 10.5. The van der Waals surface area contributed by atoms with E-state index in [2.05, 4.69) is 21.8 Å². The molecule has 3 heterocycles. The van der Waals surface area contributed by atoms with Gasteiger partial charge in [-0.1, -0.05) is 6.58 Å². The summed E-state index contributed by atoms with van der Waals surface area (Å²) in [6.45, 7) is 5.73. The van der Waals surface area contributed by atoms with Gasteiger partial charge in [-0.3, -0.25) is 4.98 Å². The van der Waals surface area contributed by atoms with Crippen LogP contribution in [0.4, 0.5) is 5.69 Å². The summed E-state index contributed by atoms with van der Waals surface area (Å²) in [7, 11) is 0. The summed E-state index contributed by atoms with van der Waals surface area (Å²) < 4.78 is 5.29. The Morgan fingerprint density at radius 3 is 3.11 bits per heavy atom. The number of hydrogen-bond acceptors (Lipinski definition) is 4. The molecule has 2 saturated heterocycles. The van der Waals surface area contributed by atoms with Crippen molar-refractivity contribution in [3.63, 3.8) is 0 Å². The third kappa shape index (κ3) is 2.34. The molecule has 2 fully saturated rings. The van der Waals surface area contributed by atoms with Gasteiger partial charge in [0, 0.05) is 31.2 Å². The number of rotatable bonds is 3. The molecule has 18 heavy (non-hydrogen) atoms. The Bertz CT molecular complexity index is 435. The fourth-order valence-corrected chi connectivity index (χ4v) is 2.92. The van der Waals surface area contributed by atoms with Crippen LogP contribution in [0.25, 0.3) is 0 Å². The summed E-state index contributed by atoms with van der Waals surface area (Å²) in [6.07, 6.45) is 8.89. The summed E-state index contributed by atoms with van der Waals surface area (Å²) in [5.41, 5.74) is 1.14. The Morgan fingerprint density at radius 1 is 1.33 bits per heavy atom. The second-order valence-corrected chi connectivity index (χ2v) is 5.04. The summed E-state index contributed by atoms with van der Waals surface area (Å²) >= 11 is 0. The molecule has 2 aliphatic rings. The molecule has 0 radical (unpaired) electrons. The van der Waals surface area contributed by atoms with Gasteiger partial charge in [-0.2, -0.15) is 0 Å². The summed E-state index contributed by atoms with van der Waals surface area (Å²) in [6, 6.07) is 3.37. The first-order valence-corrected chi connectivity index (χ1v) is 6.59. The van der Waals surface area contributed by atoms with E-state index >= 15 is 0 Å². The minimum atomic E-state index is 0.626. The summed E-state index contributed by atoms with van der Waals surface area (Å²) in [5, 5.41) is 3.68. The lowest BCUT2D eigenvalue weighted by Gasteiger charge is -2.26. The second-order valence-electron chi connectivity index (χ2n) is 5.04. The predicted molar refractivity (Wildman–Crippen MR) is 71.8 cm³/mol. The molecule has 0 aliphatic carbocycles. The molecule has 2 atom stereocenters. The van der Waals surface area contributed by atoms with Crippen molar-refractivity contribution in [3.05, 3.63) is 31.3 Å². The van der Waals surface area contributed by atoms with Crippen molar-refractivity contribution in [3.8, 4) is 5.75 Å². The van der Waals surface area contributed by atoms with Gasteiger partial charge in [0.1, 0.15) is 5.75 Å². The van der Waals surface area contributed by atoms with E-state index in [0.29, 0.717) is 12.1 Å². The maximum atomic E-state index is 5.29. The van der Waals surface area contributed by atoms with E-state index in [0.717, 1.165) is 24.5 Å². The lowest BCUT2D eigenvalue weighted by Crippen LogP contribution is -2.35. The van der Waals surface area contributed by atoms with Gasteiger partial charge in [0.25, 0.3) is 0 Å². The zero-order valence-corrected chi connectivity index (χ0v) is 10.5. The van der Waals surface area contributed by atoms with Crippen LogP contribution in [0.1, 0.15) is 19.3 Å². The Morgan fingerprint density at radius 2 is 2.22 bits per heavy atom. The van der Waals surface area contributed by atoms with E-state index in [4.69, 9.17) is 4.74 Å². The predicted octanol–water partition coefficient (Wildman–Crippen LogP) is 1.93. The molecule has 4 nitrogen and oxygen atoms in total. The largest absolute Gasteiger partial charge is 0.464 e. The molecule has 1 N–H and O–H groups in total. The van der Waals surface area contributed by atoms with Crippen LogP contribution in [0.5, 0.6) is 5.75 Å². The standard InChI is InChI=1S/C14H19N3O/c1-2-18-14-7-13(8-15-9-14)17-6-5-11-3-4-12(10-17)16-11/h2,7-9,11-12,16H,1,3-6,10H2. The van der Waals surface area contributed by atoms with E-state index in [9.17, 15) is 0 Å². The summed E-state index contributed by atoms with van der Waals surface area (Å²) in [5.74, 6) is 0.755. The van der Waals surface area contributed by atoms with Crippen LogP contribution in [0, 0.1) is 0 Å². The third-order valence-corrected chi connectivity index (χ3v) is 3.81. The third-order valence-electron chi connectivity index (χ3n) is 3.81. The van der Waals surface area contributed by atoms with Crippen molar-refractivity contribution < 1.29 is 4.74 Å². The Labute approximate surface area is 108 Å². The van der Waals surface area contributed by atoms with Gasteiger partial charge in [-0.25, -0.2) is 0 Å². The molecule has 1 aromatic heterocycles. The minimum Gasteiger partial charge on any atom is -0.464 e. The normalized spacial score (nSPS) is 26.8. The van der Waals surface area contributed by atoms with Crippen LogP contribution < -0.4 is 15.0 Å². The fraction of sp³-hybridized carbons (Fsp3) is 0.500. The van der Waals surface area contributed by atoms with E-state index in [1.165, 1.54) is 25.5 Å². The lowest BCUT2D eigenvalue weighted by atomic mass is 10.1. The number of anilines is 1. The number of aromatic nitrogens is 1. The number of pyridine rings is 1. The van der Waals surface area contributed by atoms with Crippen molar-refractivity contribution in [2.45, 2.75) is 31.3 Å². The van der Waals surface area contributed by atoms with Gasteiger partial charge in [0.05, 0.1) is 24.3 Å². The highest BCUT2D eigenvalue weighted by Gasteiger charge is 2.29. The van der Waals surface area contributed by atoms with Crippen LogP contribution in [-0.2, 0) is 0 Å². The first-order valence-electron chi connectivity index (χ1n) is 6.59. The highest BCUT2D eigenvalue weighted by atomic mass is 16.5. The Hall–Kier alpha value is -1.55. The SMILES string of the molecule is C=COc1cncc(N2CCC3CCC(C2)N3)c1. The van der Waals surface area contributed by atoms with E-state index in [1.54, 1.807) is 6.20 Å². The van der Waals surface area contributed by atoms with Crippen molar-refractivity contribution in [1.82, 2.24) is 10.3 Å². The molecular formula is C14H19N3O. The first kappa shape index (κ1) is 11.5. The second kappa shape index (κ2) is 4.98. The number of fused-ring (bicyclic) bond motifs is 2. The van der Waals surface area contributed by atoms with Crippen LogP contribution in [0.3, 0.4) is 0 Å². The van der Waals surface area contributed by atoms with Crippen molar-refractivity contribution in [2.75, 3.05) is 18.0 Å². The van der Waals surface area contributed by atoms with Crippen LogP contribution in [0.15, 0.2) is 31.3 Å². The minimum absolute atomic E-state index is 0.626. The highest BCUT2D eigenvalue weighted by Crippen LogP contribution is 2.26. The first-order chi connectivity index (χ1) is 8.85. The van der Waals surface area contributed by atoms with Gasteiger partial charge >= 0.3 is 0 Å². The van der Waals surface area contributed by atoms with Gasteiger partial charge in [-0.05, 0) is 19.3 Å². The molecule has 96 valence electrons. The quantitative estimate of drug-likeness (QED) is 0.826. The van der Waals surface area contributed by atoms with Crippen molar-refractivity contribution in [1.29, 1.82) is 0 Å². The Balaban J connectivity index is 1.77.